The zero-order valence-electron chi connectivity index (χ0n) is 14.7. The highest BCUT2D eigenvalue weighted by atomic mass is 19.3. The summed E-state index contributed by atoms with van der Waals surface area (Å²) in [5, 5.41) is 10.8. The number of halogens is 2. The number of nitrogens with one attached hydrogen (secondary N) is 1. The number of rotatable bonds is 5. The van der Waals surface area contributed by atoms with Gasteiger partial charge in [0, 0.05) is 6.20 Å². The summed E-state index contributed by atoms with van der Waals surface area (Å²) in [6.07, 6.45) is 1.07. The molecule has 26 heavy (non-hydrogen) atoms. The molecule has 3 rings (SSSR count). The van der Waals surface area contributed by atoms with Crippen molar-refractivity contribution in [2.75, 3.05) is 5.32 Å². The molecule has 8 heteroatoms. The van der Waals surface area contributed by atoms with E-state index in [2.05, 4.69) is 15.5 Å². The fourth-order valence-corrected chi connectivity index (χ4v) is 2.64. The van der Waals surface area contributed by atoms with Crippen LogP contribution in [0.1, 0.15) is 39.6 Å². The number of carbonyl (C=O) groups is 1. The highest BCUT2D eigenvalue weighted by Crippen LogP contribution is 2.21. The van der Waals surface area contributed by atoms with E-state index in [0.29, 0.717) is 22.6 Å². The average Bonchev–Trinajstić information content (AvgIpc) is 3.18. The molecule has 0 atom stereocenters. The Morgan fingerprint density at radius 1 is 1.12 bits per heavy atom. The maximum Gasteiger partial charge on any atom is 0.333 e. The summed E-state index contributed by atoms with van der Waals surface area (Å²) in [7, 11) is 0. The van der Waals surface area contributed by atoms with E-state index in [1.807, 2.05) is 38.1 Å². The van der Waals surface area contributed by atoms with Gasteiger partial charge in [0.2, 0.25) is 0 Å². The van der Waals surface area contributed by atoms with Gasteiger partial charge >= 0.3 is 6.55 Å². The summed E-state index contributed by atoms with van der Waals surface area (Å²) in [6, 6.07) is 9.37. The van der Waals surface area contributed by atoms with Crippen molar-refractivity contribution < 1.29 is 13.6 Å². The van der Waals surface area contributed by atoms with Gasteiger partial charge in [0.05, 0.1) is 23.6 Å². The van der Waals surface area contributed by atoms with Crippen molar-refractivity contribution in [2.24, 2.45) is 0 Å². The average molecular weight is 359 g/mol. The van der Waals surface area contributed by atoms with Crippen LogP contribution in [0.15, 0.2) is 36.5 Å². The zero-order chi connectivity index (χ0) is 18.8. The summed E-state index contributed by atoms with van der Waals surface area (Å²) in [6.45, 7) is 3.45. The van der Waals surface area contributed by atoms with Crippen LogP contribution in [-0.4, -0.2) is 25.5 Å². The van der Waals surface area contributed by atoms with Crippen molar-refractivity contribution in [3.63, 3.8) is 0 Å². The first-order valence-corrected chi connectivity index (χ1v) is 8.09. The molecule has 0 spiro atoms. The van der Waals surface area contributed by atoms with Crippen LogP contribution in [-0.2, 0) is 6.54 Å². The van der Waals surface area contributed by atoms with Crippen molar-refractivity contribution in [2.45, 2.75) is 33.9 Å². The first kappa shape index (κ1) is 17.8. The van der Waals surface area contributed by atoms with E-state index in [4.69, 9.17) is 0 Å². The Morgan fingerprint density at radius 3 is 2.42 bits per heavy atom. The van der Waals surface area contributed by atoms with E-state index in [1.54, 1.807) is 11.6 Å². The summed E-state index contributed by atoms with van der Waals surface area (Å²) in [5.41, 5.74) is 4.19. The van der Waals surface area contributed by atoms with Gasteiger partial charge in [0.25, 0.3) is 5.91 Å². The van der Waals surface area contributed by atoms with Crippen LogP contribution in [0.25, 0.3) is 0 Å². The maximum absolute atomic E-state index is 12.6. The van der Waals surface area contributed by atoms with E-state index in [1.165, 1.54) is 11.6 Å². The number of anilines is 1. The van der Waals surface area contributed by atoms with Gasteiger partial charge in [-0.3, -0.25) is 9.48 Å². The molecule has 0 saturated heterocycles. The van der Waals surface area contributed by atoms with Gasteiger partial charge in [-0.05, 0) is 32.4 Å². The molecule has 0 radical (unpaired) electrons. The van der Waals surface area contributed by atoms with E-state index < -0.39 is 12.5 Å². The lowest BCUT2D eigenvalue weighted by Gasteiger charge is -2.07. The molecule has 136 valence electrons. The Balaban J connectivity index is 1.78. The van der Waals surface area contributed by atoms with Crippen LogP contribution in [0.3, 0.4) is 0 Å². The SMILES string of the molecule is Cc1ccc(Cn2nc(C)c(NC(=O)c3ccn(C(F)F)n3)c2C)cc1. The van der Waals surface area contributed by atoms with Gasteiger partial charge in [-0.15, -0.1) is 0 Å². The summed E-state index contributed by atoms with van der Waals surface area (Å²) in [5.74, 6) is -0.550. The van der Waals surface area contributed by atoms with Crippen LogP contribution in [0.2, 0.25) is 0 Å². The normalized spacial score (nSPS) is 11.2. The number of hydrogen-bond acceptors (Lipinski definition) is 3. The van der Waals surface area contributed by atoms with Crippen molar-refractivity contribution in [1.29, 1.82) is 0 Å². The second-order valence-electron chi connectivity index (χ2n) is 6.10. The molecule has 0 saturated carbocycles. The van der Waals surface area contributed by atoms with Gasteiger partial charge < -0.3 is 5.32 Å². The summed E-state index contributed by atoms with van der Waals surface area (Å²) < 4.78 is 27.4. The minimum absolute atomic E-state index is 0.0737. The maximum atomic E-state index is 12.6. The zero-order valence-corrected chi connectivity index (χ0v) is 14.7. The Kier molecular flexibility index (Phi) is 4.83. The molecule has 0 bridgehead atoms. The number of carbonyl (C=O) groups excluding carboxylic acids is 1. The standard InChI is InChI=1S/C18H19F2N5O/c1-11-4-6-14(7-5-11)10-25-13(3)16(12(2)22-25)21-17(26)15-8-9-24(23-15)18(19)20/h4-9,18H,10H2,1-3H3,(H,21,26). The van der Waals surface area contributed by atoms with Crippen LogP contribution in [0.5, 0.6) is 0 Å². The molecule has 1 aromatic carbocycles. The first-order chi connectivity index (χ1) is 12.3. The number of hydrogen-bond donors (Lipinski definition) is 1. The molecule has 6 nitrogen and oxygen atoms in total. The molecule has 0 aliphatic heterocycles. The number of aromatic nitrogens is 4. The Hall–Kier alpha value is -3.03. The third-order valence-electron chi connectivity index (χ3n) is 4.11. The minimum Gasteiger partial charge on any atom is -0.317 e. The monoisotopic (exact) mass is 359 g/mol. The predicted molar refractivity (Wildman–Crippen MR) is 93.4 cm³/mol. The van der Waals surface area contributed by atoms with E-state index in [0.717, 1.165) is 17.5 Å². The molecule has 2 aromatic heterocycles. The molecular weight excluding hydrogens is 340 g/mol. The minimum atomic E-state index is -2.78. The van der Waals surface area contributed by atoms with E-state index in [-0.39, 0.29) is 5.69 Å². The Morgan fingerprint density at radius 2 is 1.81 bits per heavy atom. The Labute approximate surface area is 149 Å². The van der Waals surface area contributed by atoms with Crippen LogP contribution < -0.4 is 5.32 Å². The third kappa shape index (κ3) is 3.63. The fourth-order valence-electron chi connectivity index (χ4n) is 2.64. The van der Waals surface area contributed by atoms with Crippen molar-refractivity contribution in [3.8, 4) is 0 Å². The van der Waals surface area contributed by atoms with E-state index >= 15 is 0 Å². The number of benzene rings is 1. The van der Waals surface area contributed by atoms with Crippen molar-refractivity contribution in [3.05, 3.63) is 64.7 Å². The van der Waals surface area contributed by atoms with Crippen LogP contribution in [0, 0.1) is 20.8 Å². The first-order valence-electron chi connectivity index (χ1n) is 8.09. The molecule has 2 heterocycles. The van der Waals surface area contributed by atoms with Crippen molar-refractivity contribution >= 4 is 11.6 Å². The topological polar surface area (TPSA) is 64.7 Å². The summed E-state index contributed by atoms with van der Waals surface area (Å²) in [4.78, 5) is 12.3. The smallest absolute Gasteiger partial charge is 0.317 e. The molecule has 1 N–H and O–H groups in total. The van der Waals surface area contributed by atoms with Crippen molar-refractivity contribution in [1.82, 2.24) is 19.6 Å². The largest absolute Gasteiger partial charge is 0.333 e. The molecule has 0 unspecified atom stereocenters. The molecule has 0 fully saturated rings. The van der Waals surface area contributed by atoms with Gasteiger partial charge in [0.15, 0.2) is 5.69 Å². The highest BCUT2D eigenvalue weighted by molar-refractivity contribution is 6.03. The molecule has 0 aliphatic carbocycles. The molecule has 3 aromatic rings. The van der Waals surface area contributed by atoms with Gasteiger partial charge in [-0.25, -0.2) is 4.68 Å². The number of amides is 1. The fraction of sp³-hybridized carbons (Fsp3) is 0.278. The summed E-state index contributed by atoms with van der Waals surface area (Å²) >= 11 is 0. The highest BCUT2D eigenvalue weighted by Gasteiger charge is 2.18. The molecule has 1 amide bonds. The van der Waals surface area contributed by atoms with Gasteiger partial charge in [-0.1, -0.05) is 29.8 Å². The Bertz CT molecular complexity index is 928. The van der Waals surface area contributed by atoms with Crippen LogP contribution >= 0.6 is 0 Å². The molecule has 0 aliphatic rings. The predicted octanol–water partition coefficient (Wildman–Crippen LogP) is 3.70. The third-order valence-corrected chi connectivity index (χ3v) is 4.11. The van der Waals surface area contributed by atoms with E-state index in [9.17, 15) is 13.6 Å². The second kappa shape index (κ2) is 7.07. The number of aryl methyl sites for hydroxylation is 2. The lowest BCUT2D eigenvalue weighted by atomic mass is 10.1. The quantitative estimate of drug-likeness (QED) is 0.755. The number of nitrogens with zero attached hydrogens (tertiary/aromatic N) is 4. The van der Waals surface area contributed by atoms with Crippen LogP contribution in [0.4, 0.5) is 14.5 Å². The lowest BCUT2D eigenvalue weighted by Crippen LogP contribution is -2.15. The lowest BCUT2D eigenvalue weighted by molar-refractivity contribution is 0.0561. The second-order valence-corrected chi connectivity index (χ2v) is 6.10. The van der Waals surface area contributed by atoms with Gasteiger partial charge in [-0.2, -0.15) is 19.0 Å². The van der Waals surface area contributed by atoms with Gasteiger partial charge in [0.1, 0.15) is 0 Å². The molecular formula is C18H19F2N5O. The number of alkyl halides is 2.